The second kappa shape index (κ2) is 17.6. The van der Waals surface area contributed by atoms with Crippen molar-refractivity contribution in [3.63, 3.8) is 0 Å². The summed E-state index contributed by atoms with van der Waals surface area (Å²) in [7, 11) is 0. The van der Waals surface area contributed by atoms with E-state index in [1.807, 2.05) is 54.4 Å². The highest BCUT2D eigenvalue weighted by atomic mass is 32.1. The van der Waals surface area contributed by atoms with E-state index >= 15 is 0 Å². The number of thiazole rings is 1. The Morgan fingerprint density at radius 3 is 2.60 bits per heavy atom. The molecule has 4 fully saturated rings. The molecule has 5 heterocycles. The monoisotopic (exact) mass is 866 g/mol. The molecule has 5 aliphatic rings. The molecule has 2 saturated carbocycles. The van der Waals surface area contributed by atoms with Crippen LogP contribution in [0.15, 0.2) is 76.2 Å². The van der Waals surface area contributed by atoms with Crippen LogP contribution < -0.4 is 16.0 Å². The number of nitrogens with one attached hydrogen (secondary N) is 3. The lowest BCUT2D eigenvalue weighted by molar-refractivity contribution is -0.925. The van der Waals surface area contributed by atoms with Crippen LogP contribution in [0.25, 0.3) is 15.8 Å². The van der Waals surface area contributed by atoms with E-state index in [1.54, 1.807) is 4.90 Å². The van der Waals surface area contributed by atoms with Crippen LogP contribution >= 0.6 is 11.3 Å². The number of piperidine rings is 1. The Morgan fingerprint density at radius 2 is 1.89 bits per heavy atom. The van der Waals surface area contributed by atoms with E-state index in [2.05, 4.69) is 66.4 Å². The number of amidine groups is 2. The molecule has 2 saturated heterocycles. The van der Waals surface area contributed by atoms with Crippen LogP contribution in [0.3, 0.4) is 0 Å². The van der Waals surface area contributed by atoms with Crippen molar-refractivity contribution in [1.29, 1.82) is 5.41 Å². The molecule has 334 valence electrons. The number of fused-ring (bicyclic) bond motifs is 3. The Hall–Kier alpha value is -4.50. The number of dihydropyridines is 1. The van der Waals surface area contributed by atoms with Gasteiger partial charge in [0, 0.05) is 55.1 Å². The van der Waals surface area contributed by atoms with Crippen molar-refractivity contribution < 1.29 is 19.8 Å². The zero-order chi connectivity index (χ0) is 44.0. The number of benzene rings is 1. The standard InChI is InChI=1S/C48H68N10O3S/c1-8-48(26-34-24-46(6,29-48)28-47(7,25-34)61-23-22-55-18-20-56(21-19-55)31(2)3)30-58-33(5)37(27-51-58)36-15-16-40(53-41(36)44(59)60)57-17-11-12-35(43(57)50)32(4)42(49)54-45-52-38-13-9-10-14-39(38)62-45/h9-10,13-16,27,31,34,50,53,59-60H,8,11-12,17-26,28-30H2,1-7H3,(H2,49,52,54)/p+1/b35-32-,50-43?/t34?,46-,47?,48?/m1/s1. The zero-order valence-electron chi connectivity index (χ0n) is 38.0. The molecule has 2 aliphatic carbocycles. The lowest BCUT2D eigenvalue weighted by Gasteiger charge is -2.57. The van der Waals surface area contributed by atoms with Crippen LogP contribution in [0.1, 0.15) is 104 Å². The van der Waals surface area contributed by atoms with Crippen molar-refractivity contribution in [2.75, 3.05) is 45.9 Å². The third-order valence-corrected chi connectivity index (χ3v) is 15.7. The van der Waals surface area contributed by atoms with Crippen molar-refractivity contribution in [1.82, 2.24) is 29.9 Å². The Balaban J connectivity index is 0.947. The molecule has 2 aromatic heterocycles. The van der Waals surface area contributed by atoms with Crippen LogP contribution in [-0.2, 0) is 11.3 Å². The minimum atomic E-state index is -0.810. The molecule has 13 nitrogen and oxygen atoms in total. The molecule has 14 heteroatoms. The lowest BCUT2D eigenvalue weighted by Crippen LogP contribution is -3.17. The minimum Gasteiger partial charge on any atom is -0.480 e. The molecule has 7 N–H and O–H groups in total. The van der Waals surface area contributed by atoms with Gasteiger partial charge < -0.3 is 35.8 Å². The van der Waals surface area contributed by atoms with E-state index in [0.29, 0.717) is 53.1 Å². The molecule has 0 radical (unpaired) electrons. The Kier molecular flexibility index (Phi) is 12.5. The largest absolute Gasteiger partial charge is 0.480 e. The lowest BCUT2D eigenvalue weighted by atomic mass is 9.51. The first kappa shape index (κ1) is 44.1. The first-order valence-corrected chi connectivity index (χ1v) is 23.7. The Bertz CT molecular complexity index is 2290. The van der Waals surface area contributed by atoms with Gasteiger partial charge in [-0.1, -0.05) is 37.3 Å². The summed E-state index contributed by atoms with van der Waals surface area (Å²) in [6.45, 7) is 23.9. The van der Waals surface area contributed by atoms with E-state index in [9.17, 15) is 15.6 Å². The summed E-state index contributed by atoms with van der Waals surface area (Å²) in [5.74, 6) is 1.01. The van der Waals surface area contributed by atoms with Gasteiger partial charge in [0.1, 0.15) is 23.2 Å². The van der Waals surface area contributed by atoms with Crippen LogP contribution in [0.2, 0.25) is 0 Å². The fourth-order valence-corrected chi connectivity index (χ4v) is 12.7. The van der Waals surface area contributed by atoms with Crippen molar-refractivity contribution in [2.45, 2.75) is 118 Å². The summed E-state index contributed by atoms with van der Waals surface area (Å²) in [6.07, 6.45) is 13.9. The molecule has 0 amide bonds. The zero-order valence-corrected chi connectivity index (χ0v) is 38.8. The Labute approximate surface area is 371 Å². The van der Waals surface area contributed by atoms with Gasteiger partial charge >= 0.3 is 0 Å². The molecule has 2 bridgehead atoms. The highest BCUT2D eigenvalue weighted by Gasteiger charge is 2.53. The quantitative estimate of drug-likeness (QED) is 0.0620. The predicted octanol–water partition coefficient (Wildman–Crippen LogP) is 7.37. The highest BCUT2D eigenvalue weighted by molar-refractivity contribution is 7.22. The molecule has 8 rings (SSSR count). The van der Waals surface area contributed by atoms with E-state index < -0.39 is 5.95 Å². The van der Waals surface area contributed by atoms with Crippen molar-refractivity contribution >= 4 is 43.9 Å². The van der Waals surface area contributed by atoms with Gasteiger partial charge in [0.25, 0.3) is 5.95 Å². The average Bonchev–Trinajstić information content (AvgIpc) is 3.81. The maximum Gasteiger partial charge on any atom is 0.299 e. The second-order valence-corrected chi connectivity index (χ2v) is 20.9. The molecule has 4 atom stereocenters. The van der Waals surface area contributed by atoms with Crippen LogP contribution in [0, 0.1) is 29.1 Å². The molecule has 1 aromatic carbocycles. The SMILES string of the molecule is CCC1(Cn2ncc(C3=CC=C(N4CCC/C(=C(C)/C(N)=N/c5nc6ccccc6s5)C4=N)NC3=C(O)O)c2C)CC2CC(C)(OCCN3CC[NH+](C(C)C)CC3)C[C@@](C)(C2)C1. The van der Waals surface area contributed by atoms with Crippen molar-refractivity contribution in [3.05, 3.63) is 82.5 Å². The molecular weight excluding hydrogens is 797 g/mol. The maximum atomic E-state index is 10.7. The van der Waals surface area contributed by atoms with Crippen molar-refractivity contribution in [3.8, 4) is 0 Å². The van der Waals surface area contributed by atoms with E-state index in [4.69, 9.17) is 15.6 Å². The van der Waals surface area contributed by atoms with E-state index in [1.165, 1.54) is 30.8 Å². The summed E-state index contributed by atoms with van der Waals surface area (Å²) < 4.78 is 10.0. The summed E-state index contributed by atoms with van der Waals surface area (Å²) in [6, 6.07) is 8.60. The maximum absolute atomic E-state index is 10.7. The van der Waals surface area contributed by atoms with Gasteiger partial charge in [-0.25, -0.2) is 9.98 Å². The van der Waals surface area contributed by atoms with Gasteiger partial charge in [-0.3, -0.25) is 15.0 Å². The number of likely N-dealkylation sites (tertiary alicyclic amines) is 1. The number of allylic oxidation sites excluding steroid dienone is 3. The number of aliphatic imine (C=N–C) groups is 1. The van der Waals surface area contributed by atoms with Gasteiger partial charge in [0.2, 0.25) is 5.13 Å². The smallest absolute Gasteiger partial charge is 0.299 e. The first-order valence-electron chi connectivity index (χ1n) is 22.9. The number of hydrogen-bond acceptors (Lipinski definition) is 10. The number of para-hydroxylation sites is 1. The van der Waals surface area contributed by atoms with Gasteiger partial charge in [-0.15, -0.1) is 0 Å². The topological polar surface area (TPSA) is 166 Å². The number of rotatable bonds is 12. The number of ether oxygens (including phenoxy) is 1. The van der Waals surface area contributed by atoms with Crippen LogP contribution in [0.5, 0.6) is 0 Å². The van der Waals surface area contributed by atoms with Crippen LogP contribution in [0.4, 0.5) is 5.13 Å². The average molecular weight is 866 g/mol. The molecule has 62 heavy (non-hydrogen) atoms. The molecule has 3 aliphatic heterocycles. The van der Waals surface area contributed by atoms with Gasteiger partial charge in [0.05, 0.1) is 47.8 Å². The number of nitrogens with two attached hydrogens (primary N) is 1. The van der Waals surface area contributed by atoms with Crippen LogP contribution in [-0.4, -0.2) is 104 Å². The molecular formula is C48H69N10O3S+. The molecule has 3 aromatic rings. The number of hydrogen-bond donors (Lipinski definition) is 6. The number of aromatic nitrogens is 3. The number of nitrogens with zero attached hydrogens (tertiary/aromatic N) is 6. The normalized spacial score (nSPS) is 28.6. The molecule has 0 spiro atoms. The summed E-state index contributed by atoms with van der Waals surface area (Å²) in [5, 5.41) is 39.5. The van der Waals surface area contributed by atoms with Gasteiger partial charge in [0.15, 0.2) is 0 Å². The number of aliphatic hydroxyl groups excluding tert-OH is 1. The Morgan fingerprint density at radius 1 is 1.11 bits per heavy atom. The third kappa shape index (κ3) is 9.11. The number of piperazine rings is 1. The fourth-order valence-electron chi connectivity index (χ4n) is 11.9. The minimum absolute atomic E-state index is 0.0952. The van der Waals surface area contributed by atoms with Crippen molar-refractivity contribution in [2.24, 2.45) is 27.5 Å². The summed E-state index contributed by atoms with van der Waals surface area (Å²) >= 11 is 1.48. The second-order valence-electron chi connectivity index (χ2n) is 19.9. The summed E-state index contributed by atoms with van der Waals surface area (Å²) in [5.41, 5.74) is 11.8. The predicted molar refractivity (Wildman–Crippen MR) is 250 cm³/mol. The first-order chi connectivity index (χ1) is 29.6. The van der Waals surface area contributed by atoms with Gasteiger partial charge in [-0.05, 0) is 133 Å². The van der Waals surface area contributed by atoms with E-state index in [-0.39, 0.29) is 22.1 Å². The highest BCUT2D eigenvalue weighted by Crippen LogP contribution is 2.60. The number of aliphatic hydroxyl groups is 2. The summed E-state index contributed by atoms with van der Waals surface area (Å²) in [4.78, 5) is 15.4. The van der Waals surface area contributed by atoms with E-state index in [0.717, 1.165) is 104 Å². The van der Waals surface area contributed by atoms with Gasteiger partial charge in [-0.2, -0.15) is 5.10 Å². The number of quaternary nitrogens is 1. The molecule has 3 unspecified atom stereocenters. The fraction of sp³-hybridized carbons (Fsp3) is 0.583. The third-order valence-electron chi connectivity index (χ3n) is 14.8.